The zero-order valence-corrected chi connectivity index (χ0v) is 19.4. The summed E-state index contributed by atoms with van der Waals surface area (Å²) in [4.78, 5) is 24.0. The number of piperidine rings is 1. The van der Waals surface area contributed by atoms with E-state index >= 15 is 0 Å². The van der Waals surface area contributed by atoms with Crippen LogP contribution in [0, 0.1) is 12.8 Å². The van der Waals surface area contributed by atoms with Crippen LogP contribution >= 0.6 is 0 Å². The third-order valence-electron chi connectivity index (χ3n) is 6.28. The molecule has 0 aliphatic carbocycles. The fourth-order valence-corrected chi connectivity index (χ4v) is 4.40. The van der Waals surface area contributed by atoms with Gasteiger partial charge < -0.3 is 15.0 Å². The van der Waals surface area contributed by atoms with Gasteiger partial charge >= 0.3 is 0 Å². The standard InChI is InChI=1S/C26H28N6O2/c1-18-15-25(32-24(29-18)16-23(30-32)19-6-8-22(34-2)9-7-19)31-13-10-20(11-14-31)26(33)28-17-21-5-3-4-12-27-21/h3-9,12,15-16,20H,10-11,13-14,17H2,1-2H3,(H,28,33). The number of aromatic nitrogens is 4. The predicted molar refractivity (Wildman–Crippen MR) is 131 cm³/mol. The lowest BCUT2D eigenvalue weighted by Crippen LogP contribution is -2.41. The molecule has 8 heteroatoms. The lowest BCUT2D eigenvalue weighted by atomic mass is 9.96. The number of anilines is 1. The van der Waals surface area contributed by atoms with E-state index in [1.54, 1.807) is 13.3 Å². The van der Waals surface area contributed by atoms with E-state index in [0.29, 0.717) is 6.54 Å². The normalized spacial score (nSPS) is 14.4. The first-order valence-electron chi connectivity index (χ1n) is 11.5. The number of amides is 1. The van der Waals surface area contributed by atoms with Crippen LogP contribution < -0.4 is 15.0 Å². The van der Waals surface area contributed by atoms with Crippen LogP contribution in [-0.2, 0) is 11.3 Å². The van der Waals surface area contributed by atoms with E-state index in [1.807, 2.05) is 60.0 Å². The smallest absolute Gasteiger partial charge is 0.223 e. The second kappa shape index (κ2) is 9.51. The van der Waals surface area contributed by atoms with Gasteiger partial charge in [0.25, 0.3) is 0 Å². The van der Waals surface area contributed by atoms with Crippen molar-refractivity contribution in [2.75, 3.05) is 25.1 Å². The summed E-state index contributed by atoms with van der Waals surface area (Å²) in [5.74, 6) is 1.93. The van der Waals surface area contributed by atoms with Crippen molar-refractivity contribution in [2.24, 2.45) is 5.92 Å². The Morgan fingerprint density at radius 1 is 1.12 bits per heavy atom. The highest BCUT2D eigenvalue weighted by Gasteiger charge is 2.26. The molecule has 1 N–H and O–H groups in total. The molecule has 0 atom stereocenters. The number of hydrogen-bond donors (Lipinski definition) is 1. The van der Waals surface area contributed by atoms with Crippen LogP contribution in [0.25, 0.3) is 16.9 Å². The topological polar surface area (TPSA) is 84.6 Å². The van der Waals surface area contributed by atoms with Crippen molar-refractivity contribution in [2.45, 2.75) is 26.3 Å². The molecule has 3 aromatic heterocycles. The van der Waals surface area contributed by atoms with E-state index in [9.17, 15) is 4.79 Å². The molecule has 1 aliphatic heterocycles. The highest BCUT2D eigenvalue weighted by molar-refractivity contribution is 5.79. The van der Waals surface area contributed by atoms with Gasteiger partial charge in [-0.25, -0.2) is 4.98 Å². The number of methoxy groups -OCH3 is 1. The molecule has 0 bridgehead atoms. The zero-order valence-electron chi connectivity index (χ0n) is 19.4. The van der Waals surface area contributed by atoms with Crippen molar-refractivity contribution in [3.8, 4) is 17.0 Å². The second-order valence-corrected chi connectivity index (χ2v) is 8.58. The molecule has 1 fully saturated rings. The second-order valence-electron chi connectivity index (χ2n) is 8.58. The van der Waals surface area contributed by atoms with Gasteiger partial charge in [-0.15, -0.1) is 0 Å². The van der Waals surface area contributed by atoms with Crippen LogP contribution in [0.2, 0.25) is 0 Å². The summed E-state index contributed by atoms with van der Waals surface area (Å²) < 4.78 is 7.18. The summed E-state index contributed by atoms with van der Waals surface area (Å²) in [5.41, 5.74) is 4.51. The summed E-state index contributed by atoms with van der Waals surface area (Å²) in [5, 5.41) is 7.89. The molecule has 0 radical (unpaired) electrons. The molecule has 174 valence electrons. The van der Waals surface area contributed by atoms with Crippen LogP contribution in [0.5, 0.6) is 5.75 Å². The number of rotatable bonds is 6. The Balaban J connectivity index is 1.29. The molecule has 4 heterocycles. The van der Waals surface area contributed by atoms with Crippen LogP contribution in [0.3, 0.4) is 0 Å². The van der Waals surface area contributed by atoms with E-state index in [4.69, 9.17) is 9.84 Å². The lowest BCUT2D eigenvalue weighted by Gasteiger charge is -2.33. The van der Waals surface area contributed by atoms with Crippen molar-refractivity contribution in [3.63, 3.8) is 0 Å². The molecule has 5 rings (SSSR count). The summed E-state index contributed by atoms with van der Waals surface area (Å²) in [6.45, 7) is 4.04. The first-order chi connectivity index (χ1) is 16.6. The molecule has 0 unspecified atom stereocenters. The van der Waals surface area contributed by atoms with Crippen molar-refractivity contribution in [3.05, 3.63) is 72.2 Å². The number of carbonyl (C=O) groups is 1. The van der Waals surface area contributed by atoms with Crippen molar-refractivity contribution in [1.82, 2.24) is 24.9 Å². The van der Waals surface area contributed by atoms with Gasteiger partial charge in [0.15, 0.2) is 5.65 Å². The number of nitrogens with zero attached hydrogens (tertiary/aromatic N) is 5. The number of ether oxygens (including phenoxy) is 1. The Morgan fingerprint density at radius 2 is 1.91 bits per heavy atom. The van der Waals surface area contributed by atoms with E-state index in [1.165, 1.54) is 0 Å². The van der Waals surface area contributed by atoms with Gasteiger partial charge in [-0.3, -0.25) is 9.78 Å². The third-order valence-corrected chi connectivity index (χ3v) is 6.28. The minimum absolute atomic E-state index is 0.00543. The van der Waals surface area contributed by atoms with Gasteiger partial charge in [0.05, 0.1) is 25.0 Å². The van der Waals surface area contributed by atoms with Crippen LogP contribution in [0.1, 0.15) is 24.2 Å². The Bertz CT molecular complexity index is 1280. The third kappa shape index (κ3) is 4.57. The average Bonchev–Trinajstić information content (AvgIpc) is 3.31. The van der Waals surface area contributed by atoms with Gasteiger partial charge in [0, 0.05) is 48.6 Å². The number of carbonyl (C=O) groups excluding carboxylic acids is 1. The molecule has 8 nitrogen and oxygen atoms in total. The van der Waals surface area contributed by atoms with E-state index in [-0.39, 0.29) is 11.8 Å². The predicted octanol–water partition coefficient (Wildman–Crippen LogP) is 3.64. The lowest BCUT2D eigenvalue weighted by molar-refractivity contribution is -0.125. The molecule has 0 spiro atoms. The minimum Gasteiger partial charge on any atom is -0.497 e. The van der Waals surface area contributed by atoms with Crippen molar-refractivity contribution < 1.29 is 9.53 Å². The van der Waals surface area contributed by atoms with Gasteiger partial charge in [-0.1, -0.05) is 6.07 Å². The monoisotopic (exact) mass is 456 g/mol. The molecule has 1 aromatic carbocycles. The molecule has 1 amide bonds. The van der Waals surface area contributed by atoms with Crippen LogP contribution in [-0.4, -0.2) is 45.7 Å². The van der Waals surface area contributed by atoms with Gasteiger partial charge in [0.2, 0.25) is 5.91 Å². The Hall–Kier alpha value is -3.94. The van der Waals surface area contributed by atoms with E-state index in [2.05, 4.69) is 26.3 Å². The summed E-state index contributed by atoms with van der Waals surface area (Å²) in [6.07, 6.45) is 3.33. The van der Waals surface area contributed by atoms with Gasteiger partial charge in [-0.05, 0) is 56.2 Å². The van der Waals surface area contributed by atoms with Crippen LogP contribution in [0.15, 0.2) is 60.8 Å². The Morgan fingerprint density at radius 3 is 2.62 bits per heavy atom. The SMILES string of the molecule is COc1ccc(-c2cc3nc(C)cc(N4CCC(C(=O)NCc5ccccn5)CC4)n3n2)cc1. The zero-order chi connectivity index (χ0) is 23.5. The molecule has 34 heavy (non-hydrogen) atoms. The highest BCUT2D eigenvalue weighted by atomic mass is 16.5. The van der Waals surface area contributed by atoms with E-state index < -0.39 is 0 Å². The van der Waals surface area contributed by atoms with Crippen molar-refractivity contribution >= 4 is 17.4 Å². The largest absolute Gasteiger partial charge is 0.497 e. The Labute approximate surface area is 198 Å². The molecular weight excluding hydrogens is 428 g/mol. The fourth-order valence-electron chi connectivity index (χ4n) is 4.40. The molecule has 4 aromatic rings. The molecule has 0 saturated carbocycles. The number of fused-ring (bicyclic) bond motifs is 1. The Kier molecular flexibility index (Phi) is 6.12. The van der Waals surface area contributed by atoms with Crippen LogP contribution in [0.4, 0.5) is 5.82 Å². The van der Waals surface area contributed by atoms with Gasteiger partial charge in [0.1, 0.15) is 11.6 Å². The maximum Gasteiger partial charge on any atom is 0.223 e. The number of pyridine rings is 1. The summed E-state index contributed by atoms with van der Waals surface area (Å²) >= 11 is 0. The molecule has 1 aliphatic rings. The maximum absolute atomic E-state index is 12.7. The first-order valence-corrected chi connectivity index (χ1v) is 11.5. The van der Waals surface area contributed by atoms with E-state index in [0.717, 1.165) is 65.8 Å². The molecular formula is C26H28N6O2. The summed E-state index contributed by atoms with van der Waals surface area (Å²) in [6, 6.07) is 17.7. The summed E-state index contributed by atoms with van der Waals surface area (Å²) in [7, 11) is 1.66. The van der Waals surface area contributed by atoms with Crippen molar-refractivity contribution in [1.29, 1.82) is 0 Å². The number of aryl methyl sites for hydroxylation is 1. The average molecular weight is 457 g/mol. The quantitative estimate of drug-likeness (QED) is 0.477. The fraction of sp³-hybridized carbons (Fsp3) is 0.308. The molecule has 1 saturated heterocycles. The first kappa shape index (κ1) is 21.9. The number of hydrogen-bond acceptors (Lipinski definition) is 6. The highest BCUT2D eigenvalue weighted by Crippen LogP contribution is 2.28. The minimum atomic E-state index is 0.00543. The maximum atomic E-state index is 12.7. The van der Waals surface area contributed by atoms with Gasteiger partial charge in [-0.2, -0.15) is 9.61 Å². The number of benzene rings is 1. The number of nitrogens with one attached hydrogen (secondary N) is 1.